The van der Waals surface area contributed by atoms with Crippen molar-refractivity contribution in [2.24, 2.45) is 5.11 Å². The summed E-state index contributed by atoms with van der Waals surface area (Å²) in [5.41, 5.74) is 9.32. The zero-order valence-electron chi connectivity index (χ0n) is 9.10. The highest BCUT2D eigenvalue weighted by atomic mass is 16.3. The van der Waals surface area contributed by atoms with Crippen LogP contribution >= 0.6 is 0 Å². The second-order valence-electron chi connectivity index (χ2n) is 4.29. The summed E-state index contributed by atoms with van der Waals surface area (Å²) in [5.74, 6) is 0. The first-order valence-corrected chi connectivity index (χ1v) is 5.51. The molecule has 1 aliphatic heterocycles. The van der Waals surface area contributed by atoms with Crippen LogP contribution in [0.25, 0.3) is 11.0 Å². The number of aromatic nitrogens is 2. The minimum atomic E-state index is -0.569. The Kier molecular flexibility index (Phi) is 2.12. The average Bonchev–Trinajstić information content (AvgIpc) is 2.56. The van der Waals surface area contributed by atoms with Gasteiger partial charge in [0, 0.05) is 6.54 Å². The lowest BCUT2D eigenvalue weighted by Crippen LogP contribution is -2.19. The molecule has 4 N–H and O–H groups in total. The van der Waals surface area contributed by atoms with E-state index < -0.39 is 6.10 Å². The number of H-pyrrole nitrogens is 1. The molecule has 1 aliphatic rings. The van der Waals surface area contributed by atoms with E-state index >= 15 is 0 Å². The monoisotopic (exact) mass is 233 g/mol. The van der Waals surface area contributed by atoms with Gasteiger partial charge in [0.05, 0.1) is 16.6 Å². The molecule has 1 aromatic heterocycles. The van der Waals surface area contributed by atoms with Gasteiger partial charge < -0.3 is 10.1 Å². The van der Waals surface area contributed by atoms with E-state index in [2.05, 4.69) is 10.1 Å². The van der Waals surface area contributed by atoms with Crippen LogP contribution in [-0.4, -0.2) is 20.7 Å². The van der Waals surface area contributed by atoms with Crippen molar-refractivity contribution < 1.29 is 5.11 Å². The topological polar surface area (TPSA) is 96.9 Å². The Morgan fingerprint density at radius 1 is 1.53 bits per heavy atom. The van der Waals surface area contributed by atoms with Gasteiger partial charge in [0.15, 0.2) is 0 Å². The van der Waals surface area contributed by atoms with E-state index in [4.69, 9.17) is 10.6 Å². The molecule has 2 heterocycles. The molecular formula is C11H13N4O2+. The van der Waals surface area contributed by atoms with Gasteiger partial charge in [0.25, 0.3) is 0 Å². The van der Waals surface area contributed by atoms with Gasteiger partial charge in [-0.25, -0.2) is 10.3 Å². The quantitative estimate of drug-likeness (QED) is 0.555. The SMILES string of the molecule is N=N[C@@H]1CCn2c(=O)[nH]c3cccc(c32)[C@H]1[OH2+]. The van der Waals surface area contributed by atoms with Crippen LogP contribution in [0.3, 0.4) is 0 Å². The van der Waals surface area contributed by atoms with Gasteiger partial charge in [-0.2, -0.15) is 5.11 Å². The number of para-hydroxylation sites is 1. The van der Waals surface area contributed by atoms with Crippen LogP contribution in [-0.2, 0) is 6.54 Å². The van der Waals surface area contributed by atoms with Crippen molar-refractivity contribution >= 4 is 11.0 Å². The Labute approximate surface area is 96.4 Å². The fourth-order valence-corrected chi connectivity index (χ4v) is 2.49. The van der Waals surface area contributed by atoms with Crippen molar-refractivity contribution in [2.45, 2.75) is 25.1 Å². The Morgan fingerprint density at radius 2 is 2.35 bits per heavy atom. The second kappa shape index (κ2) is 3.53. The molecule has 0 saturated carbocycles. The van der Waals surface area contributed by atoms with Crippen molar-refractivity contribution in [3.05, 3.63) is 34.2 Å². The number of hydrogen-bond acceptors (Lipinski definition) is 3. The van der Waals surface area contributed by atoms with E-state index in [1.165, 1.54) is 0 Å². The van der Waals surface area contributed by atoms with Crippen molar-refractivity contribution in [3.8, 4) is 0 Å². The number of rotatable bonds is 1. The number of nitrogens with one attached hydrogen (secondary N) is 2. The van der Waals surface area contributed by atoms with E-state index in [1.54, 1.807) is 4.57 Å². The van der Waals surface area contributed by atoms with Crippen LogP contribution in [0.15, 0.2) is 28.1 Å². The van der Waals surface area contributed by atoms with Crippen LogP contribution < -0.4 is 5.69 Å². The number of nitrogens with zero attached hydrogens (tertiary/aromatic N) is 2. The van der Waals surface area contributed by atoms with Gasteiger partial charge in [-0.1, -0.05) is 6.07 Å². The van der Waals surface area contributed by atoms with E-state index in [1.807, 2.05) is 18.2 Å². The lowest BCUT2D eigenvalue weighted by atomic mass is 10.0. The zero-order valence-corrected chi connectivity index (χ0v) is 9.10. The zero-order chi connectivity index (χ0) is 12.0. The van der Waals surface area contributed by atoms with Crippen LogP contribution in [0.5, 0.6) is 0 Å². The lowest BCUT2D eigenvalue weighted by molar-refractivity contribution is 0.141. The molecular weight excluding hydrogens is 220 g/mol. The summed E-state index contributed by atoms with van der Waals surface area (Å²) in [5, 5.41) is 11.7. The van der Waals surface area contributed by atoms with Gasteiger partial charge >= 0.3 is 5.69 Å². The summed E-state index contributed by atoms with van der Waals surface area (Å²) in [6.45, 7) is 0.512. The van der Waals surface area contributed by atoms with Crippen LogP contribution in [0.2, 0.25) is 0 Å². The van der Waals surface area contributed by atoms with Gasteiger partial charge in [-0.3, -0.25) is 4.57 Å². The van der Waals surface area contributed by atoms with Gasteiger partial charge in [0.1, 0.15) is 6.04 Å². The summed E-state index contributed by atoms with van der Waals surface area (Å²) >= 11 is 0. The third-order valence-electron chi connectivity index (χ3n) is 3.36. The fourth-order valence-electron chi connectivity index (χ4n) is 2.49. The lowest BCUT2D eigenvalue weighted by Gasteiger charge is -2.11. The first-order chi connectivity index (χ1) is 8.22. The van der Waals surface area contributed by atoms with Crippen LogP contribution in [0.4, 0.5) is 0 Å². The molecule has 0 spiro atoms. The highest BCUT2D eigenvalue weighted by Gasteiger charge is 2.31. The maximum absolute atomic E-state index is 11.8. The Balaban J connectivity index is 2.35. The van der Waals surface area contributed by atoms with Crippen molar-refractivity contribution in [2.75, 3.05) is 0 Å². The Morgan fingerprint density at radius 3 is 3.12 bits per heavy atom. The molecule has 0 bridgehead atoms. The highest BCUT2D eigenvalue weighted by molar-refractivity contribution is 5.79. The molecule has 0 radical (unpaired) electrons. The average molecular weight is 233 g/mol. The summed E-state index contributed by atoms with van der Waals surface area (Å²) in [7, 11) is 0. The molecule has 88 valence electrons. The minimum Gasteiger partial charge on any atom is -0.438 e. The van der Waals surface area contributed by atoms with Gasteiger partial charge in [-0.05, 0) is 18.6 Å². The predicted molar refractivity (Wildman–Crippen MR) is 62.5 cm³/mol. The molecule has 2 aromatic rings. The normalized spacial score (nSPS) is 23.6. The molecule has 0 amide bonds. The first kappa shape index (κ1) is 10.2. The first-order valence-electron chi connectivity index (χ1n) is 5.51. The molecule has 6 nitrogen and oxygen atoms in total. The van der Waals surface area contributed by atoms with E-state index in [0.717, 1.165) is 16.6 Å². The Bertz CT molecular complexity index is 642. The third-order valence-corrected chi connectivity index (χ3v) is 3.36. The van der Waals surface area contributed by atoms with Crippen LogP contribution in [0, 0.1) is 5.53 Å². The van der Waals surface area contributed by atoms with Crippen LogP contribution in [0.1, 0.15) is 18.1 Å². The molecule has 17 heavy (non-hydrogen) atoms. The molecule has 0 unspecified atom stereocenters. The van der Waals surface area contributed by atoms with Crippen molar-refractivity contribution in [1.29, 1.82) is 5.53 Å². The number of imidazole rings is 1. The predicted octanol–water partition coefficient (Wildman–Crippen LogP) is 0.899. The number of aryl methyl sites for hydroxylation is 1. The molecule has 0 fully saturated rings. The van der Waals surface area contributed by atoms with E-state index in [0.29, 0.717) is 13.0 Å². The largest absolute Gasteiger partial charge is 0.438 e. The number of benzene rings is 1. The third kappa shape index (κ3) is 1.34. The molecule has 1 aromatic carbocycles. The summed E-state index contributed by atoms with van der Waals surface area (Å²) in [6.07, 6.45) is -0.0145. The second-order valence-corrected chi connectivity index (χ2v) is 4.29. The molecule has 0 saturated heterocycles. The summed E-state index contributed by atoms with van der Waals surface area (Å²) in [4.78, 5) is 14.6. The standard InChI is InChI=1S/C11H12N4O2/c12-14-8-4-5-15-9-6(10(8)16)2-1-3-7(9)13-11(15)17/h1-3,8,10,12,16H,4-5H2,(H,13,17)/p+1/t8-,10-/m1/s1. The smallest absolute Gasteiger partial charge is 0.326 e. The van der Waals surface area contributed by atoms with Crippen molar-refractivity contribution in [3.63, 3.8) is 0 Å². The minimum absolute atomic E-state index is 0.148. The van der Waals surface area contributed by atoms with Gasteiger partial charge in [-0.15, -0.1) is 0 Å². The summed E-state index contributed by atoms with van der Waals surface area (Å²) in [6, 6.07) is 5.14. The van der Waals surface area contributed by atoms with Gasteiger partial charge in [0.2, 0.25) is 6.10 Å². The molecule has 3 rings (SSSR count). The number of aromatic amines is 1. The Hall–Kier alpha value is -1.95. The maximum atomic E-state index is 11.8. The fraction of sp³-hybridized carbons (Fsp3) is 0.364. The molecule has 0 aliphatic carbocycles. The maximum Gasteiger partial charge on any atom is 0.326 e. The van der Waals surface area contributed by atoms with E-state index in [-0.39, 0.29) is 11.7 Å². The molecule has 6 heteroatoms. The summed E-state index contributed by atoms with van der Waals surface area (Å²) < 4.78 is 1.65. The van der Waals surface area contributed by atoms with E-state index in [9.17, 15) is 4.79 Å². The number of hydrogen-bond donors (Lipinski definition) is 2. The highest BCUT2D eigenvalue weighted by Crippen LogP contribution is 2.30. The molecule has 2 atom stereocenters. The van der Waals surface area contributed by atoms with Crippen molar-refractivity contribution in [1.82, 2.24) is 9.55 Å².